The van der Waals surface area contributed by atoms with Gasteiger partial charge in [0.25, 0.3) is 10.1 Å². The molecule has 0 bridgehead atoms. The number of aliphatic carboxylic acids is 1. The summed E-state index contributed by atoms with van der Waals surface area (Å²) in [7, 11) is -4.32. The summed E-state index contributed by atoms with van der Waals surface area (Å²) in [4.78, 5) is 15.5. The van der Waals surface area contributed by atoms with E-state index in [2.05, 4.69) is 4.58 Å². The first kappa shape index (κ1) is 23.8. The minimum atomic E-state index is -4.32. The number of unbranched alkanes of at least 4 members (excludes halogenated alkanes) is 2. The van der Waals surface area contributed by atoms with Crippen LogP contribution in [-0.2, 0) is 20.3 Å². The third-order valence-electron chi connectivity index (χ3n) is 5.76. The number of carboxylic acids is 1. The van der Waals surface area contributed by atoms with E-state index in [1.54, 1.807) is 6.07 Å². The summed E-state index contributed by atoms with van der Waals surface area (Å²) in [6, 6.07) is 14.3. The number of rotatable bonds is 9. The SMILES string of the molecule is CC(=Nc1ccccc1)C1=[N+](CCCCCC(=O)O)c2ccc(S(=O)(=O)O)cc2C1(C)C. The van der Waals surface area contributed by atoms with Gasteiger partial charge in [-0.3, -0.25) is 9.35 Å². The summed E-state index contributed by atoms with van der Waals surface area (Å²) in [5.41, 5.74) is 3.73. The number of nitrogens with zero attached hydrogens (tertiary/aromatic N) is 2. The zero-order valence-electron chi connectivity index (χ0n) is 18.6. The van der Waals surface area contributed by atoms with Crippen molar-refractivity contribution >= 4 is 38.9 Å². The molecule has 1 heterocycles. The monoisotopic (exact) mass is 457 g/mol. The smallest absolute Gasteiger partial charge is 0.303 e. The first-order chi connectivity index (χ1) is 15.0. The van der Waals surface area contributed by atoms with E-state index < -0.39 is 21.5 Å². The number of carbonyl (C=O) groups is 1. The Morgan fingerprint density at radius 3 is 2.38 bits per heavy atom. The normalized spacial score (nSPS) is 15.7. The number of aliphatic imine (C=N–C) groups is 1. The lowest BCUT2D eigenvalue weighted by Gasteiger charge is -2.18. The van der Waals surface area contributed by atoms with E-state index in [-0.39, 0.29) is 11.3 Å². The highest BCUT2D eigenvalue weighted by Crippen LogP contribution is 2.41. The maximum Gasteiger partial charge on any atom is 0.303 e. The van der Waals surface area contributed by atoms with Crippen molar-refractivity contribution in [1.82, 2.24) is 0 Å². The average molecular weight is 458 g/mol. The van der Waals surface area contributed by atoms with Crippen LogP contribution in [0.4, 0.5) is 11.4 Å². The molecule has 3 rings (SSSR count). The zero-order chi connectivity index (χ0) is 23.5. The second kappa shape index (κ2) is 9.34. The van der Waals surface area contributed by atoms with Gasteiger partial charge in [0, 0.05) is 24.5 Å². The predicted molar refractivity (Wildman–Crippen MR) is 124 cm³/mol. The number of para-hydroxylation sites is 1. The van der Waals surface area contributed by atoms with E-state index in [0.717, 1.165) is 41.2 Å². The molecule has 0 fully saturated rings. The molecule has 170 valence electrons. The third-order valence-corrected chi connectivity index (χ3v) is 6.61. The first-order valence-electron chi connectivity index (χ1n) is 10.6. The average Bonchev–Trinajstić information content (AvgIpc) is 2.94. The highest BCUT2D eigenvalue weighted by atomic mass is 32.2. The van der Waals surface area contributed by atoms with Gasteiger partial charge >= 0.3 is 5.97 Å². The highest BCUT2D eigenvalue weighted by Gasteiger charge is 2.47. The fraction of sp³-hybridized carbons (Fsp3) is 0.375. The second-order valence-corrected chi connectivity index (χ2v) is 9.94. The molecule has 2 aromatic rings. The first-order valence-corrected chi connectivity index (χ1v) is 12.1. The number of carboxylic acid groups (broad SMARTS) is 1. The summed E-state index contributed by atoms with van der Waals surface area (Å²) >= 11 is 0. The molecule has 0 aromatic heterocycles. The van der Waals surface area contributed by atoms with Crippen LogP contribution in [0.1, 0.15) is 52.0 Å². The highest BCUT2D eigenvalue weighted by molar-refractivity contribution is 7.85. The number of hydrogen-bond donors (Lipinski definition) is 2. The van der Waals surface area contributed by atoms with Gasteiger partial charge in [0.15, 0.2) is 0 Å². The summed E-state index contributed by atoms with van der Waals surface area (Å²) in [5.74, 6) is -0.798. The van der Waals surface area contributed by atoms with Crippen LogP contribution in [0.25, 0.3) is 0 Å². The lowest BCUT2D eigenvalue weighted by atomic mass is 9.80. The Morgan fingerprint density at radius 2 is 1.75 bits per heavy atom. The molecular weight excluding hydrogens is 428 g/mol. The minimum absolute atomic E-state index is 0.135. The maximum absolute atomic E-state index is 11.7. The van der Waals surface area contributed by atoms with Crippen molar-refractivity contribution in [1.29, 1.82) is 0 Å². The van der Waals surface area contributed by atoms with Gasteiger partial charge in [-0.15, -0.1) is 0 Å². The summed E-state index contributed by atoms with van der Waals surface area (Å²) in [6.07, 6.45) is 2.30. The lowest BCUT2D eigenvalue weighted by Crippen LogP contribution is -2.35. The molecule has 0 radical (unpaired) electrons. The van der Waals surface area contributed by atoms with Gasteiger partial charge in [0.1, 0.15) is 12.3 Å². The second-order valence-electron chi connectivity index (χ2n) is 8.52. The molecule has 1 aliphatic heterocycles. The minimum Gasteiger partial charge on any atom is -0.481 e. The van der Waals surface area contributed by atoms with E-state index in [9.17, 15) is 17.8 Å². The van der Waals surface area contributed by atoms with Crippen molar-refractivity contribution in [2.24, 2.45) is 4.99 Å². The Kier molecular flexibility index (Phi) is 6.95. The zero-order valence-corrected chi connectivity index (χ0v) is 19.4. The van der Waals surface area contributed by atoms with Crippen molar-refractivity contribution in [3.05, 3.63) is 54.1 Å². The fourth-order valence-corrected chi connectivity index (χ4v) is 4.86. The van der Waals surface area contributed by atoms with Gasteiger partial charge < -0.3 is 5.11 Å². The van der Waals surface area contributed by atoms with Crippen molar-refractivity contribution in [3.8, 4) is 0 Å². The molecule has 2 aromatic carbocycles. The van der Waals surface area contributed by atoms with Crippen molar-refractivity contribution < 1.29 is 27.4 Å². The molecule has 0 unspecified atom stereocenters. The molecule has 0 saturated carbocycles. The van der Waals surface area contributed by atoms with Gasteiger partial charge in [-0.1, -0.05) is 18.2 Å². The van der Waals surface area contributed by atoms with E-state index in [0.29, 0.717) is 13.0 Å². The van der Waals surface area contributed by atoms with Crippen LogP contribution in [0.3, 0.4) is 0 Å². The Balaban J connectivity index is 2.04. The van der Waals surface area contributed by atoms with E-state index >= 15 is 0 Å². The van der Waals surface area contributed by atoms with Crippen LogP contribution in [0.5, 0.6) is 0 Å². The van der Waals surface area contributed by atoms with Gasteiger partial charge in [-0.2, -0.15) is 13.0 Å². The molecule has 8 heteroatoms. The van der Waals surface area contributed by atoms with Crippen LogP contribution in [0.15, 0.2) is 58.4 Å². The van der Waals surface area contributed by atoms with Gasteiger partial charge in [-0.25, -0.2) is 4.99 Å². The summed E-state index contributed by atoms with van der Waals surface area (Å²) in [5, 5.41) is 8.87. The van der Waals surface area contributed by atoms with Crippen molar-refractivity contribution in [3.63, 3.8) is 0 Å². The summed E-state index contributed by atoms with van der Waals surface area (Å²) < 4.78 is 35.2. The molecule has 0 saturated heterocycles. The van der Waals surface area contributed by atoms with Crippen LogP contribution in [0.2, 0.25) is 0 Å². The Hall–Kier alpha value is -2.84. The van der Waals surface area contributed by atoms with Crippen LogP contribution in [0, 0.1) is 0 Å². The third kappa shape index (κ3) is 5.14. The fourth-order valence-electron chi connectivity index (χ4n) is 4.35. The molecule has 32 heavy (non-hydrogen) atoms. The van der Waals surface area contributed by atoms with Crippen LogP contribution in [-0.4, -0.2) is 46.6 Å². The van der Waals surface area contributed by atoms with Crippen molar-refractivity contribution in [2.75, 3.05) is 6.54 Å². The van der Waals surface area contributed by atoms with E-state index in [1.807, 2.05) is 51.1 Å². The van der Waals surface area contributed by atoms with Gasteiger partial charge in [0.05, 0.1) is 16.0 Å². The molecule has 0 aliphatic carbocycles. The van der Waals surface area contributed by atoms with E-state index in [1.165, 1.54) is 12.1 Å². The quantitative estimate of drug-likeness (QED) is 0.245. The number of benzene rings is 2. The predicted octanol–water partition coefficient (Wildman–Crippen LogP) is 4.75. The molecule has 0 atom stereocenters. The van der Waals surface area contributed by atoms with Crippen molar-refractivity contribution in [2.45, 2.75) is 56.8 Å². The lowest BCUT2D eigenvalue weighted by molar-refractivity contribution is -0.437. The molecule has 0 spiro atoms. The maximum atomic E-state index is 11.7. The molecule has 2 N–H and O–H groups in total. The topological polar surface area (TPSA) is 107 Å². The Bertz CT molecular complexity index is 1180. The molecule has 0 amide bonds. The van der Waals surface area contributed by atoms with Gasteiger partial charge in [0.2, 0.25) is 11.4 Å². The molecule has 7 nitrogen and oxygen atoms in total. The van der Waals surface area contributed by atoms with Crippen LogP contribution < -0.4 is 0 Å². The standard InChI is InChI=1S/C24H28N2O5S/c1-17(25-18-10-6-4-7-11-18)23-24(2,3)20-16-19(32(29,30)31)13-14-21(20)26(23)15-9-5-8-12-22(27)28/h4,6-7,10-11,13-14,16H,5,8-9,12,15H2,1-3H3,(H-,27,28,29,30,31)/p+1. The largest absolute Gasteiger partial charge is 0.481 e. The van der Waals surface area contributed by atoms with Gasteiger partial charge in [-0.05, 0) is 57.9 Å². The number of hydrogen-bond acceptors (Lipinski definition) is 4. The number of fused-ring (bicyclic) bond motifs is 1. The Morgan fingerprint density at radius 1 is 1.06 bits per heavy atom. The summed E-state index contributed by atoms with van der Waals surface area (Å²) in [6.45, 7) is 6.63. The van der Waals surface area contributed by atoms with E-state index in [4.69, 9.17) is 10.1 Å². The molecule has 1 aliphatic rings. The van der Waals surface area contributed by atoms with Crippen LogP contribution >= 0.6 is 0 Å². The Labute approximate surface area is 188 Å². The molecular formula is C24H29N2O5S+.